The quantitative estimate of drug-likeness (QED) is 0.475. The molecule has 0 radical (unpaired) electrons. The highest BCUT2D eigenvalue weighted by atomic mass is 16.6. The van der Waals surface area contributed by atoms with E-state index in [1.165, 1.54) is 12.0 Å². The van der Waals surface area contributed by atoms with E-state index in [4.69, 9.17) is 9.47 Å². The van der Waals surface area contributed by atoms with Gasteiger partial charge in [0.2, 0.25) is 0 Å². The van der Waals surface area contributed by atoms with Gasteiger partial charge in [-0.1, -0.05) is 25.5 Å². The van der Waals surface area contributed by atoms with Crippen molar-refractivity contribution in [1.82, 2.24) is 0 Å². The van der Waals surface area contributed by atoms with Gasteiger partial charge in [-0.25, -0.2) is 0 Å². The van der Waals surface area contributed by atoms with E-state index in [2.05, 4.69) is 33.8 Å². The van der Waals surface area contributed by atoms with Crippen molar-refractivity contribution in [1.29, 1.82) is 0 Å². The first-order valence-corrected chi connectivity index (χ1v) is 6.90. The lowest BCUT2D eigenvalue weighted by atomic mass is 9.80. The summed E-state index contributed by atoms with van der Waals surface area (Å²) < 4.78 is 11.8. The molecule has 1 aliphatic carbocycles. The Bertz CT molecular complexity index is 358. The normalized spacial score (nSPS) is 51.3. The first-order valence-electron chi connectivity index (χ1n) is 6.90. The summed E-state index contributed by atoms with van der Waals surface area (Å²) in [7, 11) is 0. The maximum Gasteiger partial charge on any atom is 0.0923 e. The first-order chi connectivity index (χ1) is 7.91. The Labute approximate surface area is 104 Å². The molecule has 0 N–H and O–H groups in total. The van der Waals surface area contributed by atoms with E-state index in [1.54, 1.807) is 0 Å². The van der Waals surface area contributed by atoms with Gasteiger partial charge >= 0.3 is 0 Å². The second kappa shape index (κ2) is 3.58. The van der Waals surface area contributed by atoms with Crippen LogP contribution in [0, 0.1) is 5.41 Å². The van der Waals surface area contributed by atoms with Crippen LogP contribution < -0.4 is 0 Å². The monoisotopic (exact) mass is 236 g/mol. The van der Waals surface area contributed by atoms with Crippen molar-refractivity contribution in [2.24, 2.45) is 5.41 Å². The van der Waals surface area contributed by atoms with Crippen molar-refractivity contribution in [2.75, 3.05) is 0 Å². The van der Waals surface area contributed by atoms with Crippen LogP contribution in [0.1, 0.15) is 53.4 Å². The Hall–Kier alpha value is -0.340. The molecule has 2 aliphatic heterocycles. The third-order valence-corrected chi connectivity index (χ3v) is 4.76. The Morgan fingerprint density at radius 3 is 2.82 bits per heavy atom. The van der Waals surface area contributed by atoms with Gasteiger partial charge in [-0.3, -0.25) is 0 Å². The molecule has 0 aromatic heterocycles. The number of ether oxygens (including phenoxy) is 2. The Morgan fingerprint density at radius 2 is 2.06 bits per heavy atom. The smallest absolute Gasteiger partial charge is 0.0923 e. The van der Waals surface area contributed by atoms with E-state index in [1.807, 2.05) is 0 Å². The molecule has 96 valence electrons. The number of hydrogen-bond donors (Lipinski definition) is 0. The van der Waals surface area contributed by atoms with E-state index >= 15 is 0 Å². The molecule has 0 bridgehead atoms. The molecule has 3 rings (SSSR count). The lowest BCUT2D eigenvalue weighted by Crippen LogP contribution is -2.25. The number of rotatable bonds is 0. The largest absolute Gasteiger partial charge is 0.369 e. The molecular formula is C15H24O2. The standard InChI is InChI=1S/C15H24O2/c1-10-6-5-7-15(4)12(17-15)9-14(2,3)13-11(8-10)16-13/h6,11-13H,5,7-9H2,1-4H3/b10-6+/t11-,12-,13+,15-/m1/s1. The van der Waals surface area contributed by atoms with Crippen molar-refractivity contribution < 1.29 is 9.47 Å². The third-order valence-electron chi connectivity index (χ3n) is 4.76. The number of allylic oxidation sites excluding steroid dienone is 1. The third kappa shape index (κ3) is 2.17. The van der Waals surface area contributed by atoms with Crippen molar-refractivity contribution in [2.45, 2.75) is 77.3 Å². The van der Waals surface area contributed by atoms with Crippen LogP contribution in [0.3, 0.4) is 0 Å². The zero-order chi connectivity index (χ0) is 12.3. The van der Waals surface area contributed by atoms with Crippen molar-refractivity contribution >= 4 is 0 Å². The van der Waals surface area contributed by atoms with E-state index in [-0.39, 0.29) is 11.0 Å². The van der Waals surface area contributed by atoms with Gasteiger partial charge in [0.05, 0.1) is 23.9 Å². The lowest BCUT2D eigenvalue weighted by Gasteiger charge is -2.22. The molecule has 0 spiro atoms. The van der Waals surface area contributed by atoms with E-state index < -0.39 is 0 Å². The molecule has 2 fully saturated rings. The highest BCUT2D eigenvalue weighted by molar-refractivity contribution is 5.12. The molecular weight excluding hydrogens is 212 g/mol. The number of hydrogen-bond acceptors (Lipinski definition) is 2. The molecule has 2 heteroatoms. The highest BCUT2D eigenvalue weighted by Crippen LogP contribution is 2.52. The summed E-state index contributed by atoms with van der Waals surface area (Å²) in [6.45, 7) is 9.16. The highest BCUT2D eigenvalue weighted by Gasteiger charge is 2.57. The summed E-state index contributed by atoms with van der Waals surface area (Å²) in [4.78, 5) is 0. The lowest BCUT2D eigenvalue weighted by molar-refractivity contribution is 0.202. The van der Waals surface area contributed by atoms with Crippen molar-refractivity contribution in [3.8, 4) is 0 Å². The van der Waals surface area contributed by atoms with E-state index in [0.29, 0.717) is 18.3 Å². The van der Waals surface area contributed by atoms with E-state index in [9.17, 15) is 0 Å². The van der Waals surface area contributed by atoms with Crippen LogP contribution in [0.4, 0.5) is 0 Å². The average molecular weight is 236 g/mol. The predicted octanol–water partition coefficient (Wildman–Crippen LogP) is 3.46. The molecule has 4 atom stereocenters. The topological polar surface area (TPSA) is 25.1 Å². The zero-order valence-corrected chi connectivity index (χ0v) is 11.5. The second-order valence-corrected chi connectivity index (χ2v) is 7.00. The fourth-order valence-corrected chi connectivity index (χ4v) is 3.35. The van der Waals surface area contributed by atoms with Gasteiger partial charge < -0.3 is 9.47 Å². The van der Waals surface area contributed by atoms with Crippen LogP contribution >= 0.6 is 0 Å². The summed E-state index contributed by atoms with van der Waals surface area (Å²) in [6, 6.07) is 0. The van der Waals surface area contributed by atoms with Crippen LogP contribution in [-0.2, 0) is 9.47 Å². The molecule has 3 aliphatic rings. The van der Waals surface area contributed by atoms with Gasteiger partial charge in [-0.2, -0.15) is 0 Å². The Morgan fingerprint density at radius 1 is 1.29 bits per heavy atom. The van der Waals surface area contributed by atoms with Crippen molar-refractivity contribution in [3.63, 3.8) is 0 Å². The molecule has 17 heavy (non-hydrogen) atoms. The molecule has 0 amide bonds. The van der Waals surface area contributed by atoms with Gasteiger partial charge in [0.1, 0.15) is 0 Å². The molecule has 0 saturated carbocycles. The van der Waals surface area contributed by atoms with Crippen LogP contribution in [0.25, 0.3) is 0 Å². The summed E-state index contributed by atoms with van der Waals surface area (Å²) >= 11 is 0. The molecule has 0 aromatic carbocycles. The number of fused-ring (bicyclic) bond motifs is 2. The molecule has 2 heterocycles. The average Bonchev–Trinajstić information content (AvgIpc) is 3.05. The van der Waals surface area contributed by atoms with Crippen LogP contribution in [-0.4, -0.2) is 23.9 Å². The van der Waals surface area contributed by atoms with Gasteiger partial charge in [0, 0.05) is 0 Å². The van der Waals surface area contributed by atoms with Gasteiger partial charge in [-0.05, 0) is 44.9 Å². The minimum absolute atomic E-state index is 0.142. The fourth-order valence-electron chi connectivity index (χ4n) is 3.35. The zero-order valence-electron chi connectivity index (χ0n) is 11.5. The summed E-state index contributed by atoms with van der Waals surface area (Å²) in [5, 5.41) is 0. The van der Waals surface area contributed by atoms with Gasteiger partial charge in [0.25, 0.3) is 0 Å². The molecule has 2 saturated heterocycles. The van der Waals surface area contributed by atoms with Gasteiger partial charge in [-0.15, -0.1) is 0 Å². The molecule has 0 aromatic rings. The minimum Gasteiger partial charge on any atom is -0.369 e. The van der Waals surface area contributed by atoms with Crippen LogP contribution in [0.2, 0.25) is 0 Å². The first kappa shape index (κ1) is 11.7. The summed E-state index contributed by atoms with van der Waals surface area (Å²) in [5.41, 5.74) is 1.89. The maximum atomic E-state index is 5.93. The van der Waals surface area contributed by atoms with E-state index in [0.717, 1.165) is 19.3 Å². The Kier molecular flexibility index (Phi) is 2.47. The summed E-state index contributed by atoms with van der Waals surface area (Å²) in [5.74, 6) is 0. The predicted molar refractivity (Wildman–Crippen MR) is 67.9 cm³/mol. The molecule has 0 unspecified atom stereocenters. The fraction of sp³-hybridized carbons (Fsp3) is 0.867. The van der Waals surface area contributed by atoms with Crippen molar-refractivity contribution in [3.05, 3.63) is 11.6 Å². The minimum atomic E-state index is 0.142. The molecule has 2 nitrogen and oxygen atoms in total. The maximum absolute atomic E-state index is 5.93. The van der Waals surface area contributed by atoms with Crippen LogP contribution in [0.5, 0.6) is 0 Å². The Balaban J connectivity index is 1.77. The SMILES string of the molecule is C/C1=C\CC[C@@]2(C)O[C@@H]2CC(C)(C)[C@H]2O[C@@H]2C1. The summed E-state index contributed by atoms with van der Waals surface area (Å²) in [6.07, 6.45) is 8.31. The van der Waals surface area contributed by atoms with Crippen LogP contribution in [0.15, 0.2) is 11.6 Å². The number of epoxide rings is 2. The van der Waals surface area contributed by atoms with Gasteiger partial charge in [0.15, 0.2) is 0 Å². The second-order valence-electron chi connectivity index (χ2n) is 7.00.